The predicted octanol–water partition coefficient (Wildman–Crippen LogP) is 8.14. The van der Waals surface area contributed by atoms with Crippen LogP contribution in [0.3, 0.4) is 0 Å². The predicted molar refractivity (Wildman–Crippen MR) is 196 cm³/mol. The third-order valence-corrected chi connectivity index (χ3v) is 16.0. The molecule has 3 aromatic rings. The zero-order valence-corrected chi connectivity index (χ0v) is 32.6. The number of aromatic nitrogens is 4. The van der Waals surface area contributed by atoms with E-state index in [4.69, 9.17) is 42.7 Å². The molecule has 1 aromatic carbocycles. The van der Waals surface area contributed by atoms with Crippen molar-refractivity contribution in [2.45, 2.75) is 90.5 Å². The monoisotopic (exact) mass is 696 g/mol. The zero-order valence-electron chi connectivity index (χ0n) is 29.0. The number of fused-ring (bicyclic) bond motifs is 1. The topological polar surface area (TPSA) is 59.3 Å². The Morgan fingerprint density at radius 3 is 2.50 bits per heavy atom. The van der Waals surface area contributed by atoms with Crippen molar-refractivity contribution in [3.05, 3.63) is 45.7 Å². The molecule has 0 bridgehead atoms. The van der Waals surface area contributed by atoms with Crippen LogP contribution < -0.4 is 4.90 Å². The highest BCUT2D eigenvalue weighted by molar-refractivity contribution is 6.74. The molecule has 2 atom stereocenters. The van der Waals surface area contributed by atoms with E-state index in [1.807, 2.05) is 23.0 Å². The summed E-state index contributed by atoms with van der Waals surface area (Å²) < 4.78 is 8.42. The summed E-state index contributed by atoms with van der Waals surface area (Å²) in [6, 6.07) is 5.42. The fourth-order valence-corrected chi connectivity index (χ4v) is 8.14. The van der Waals surface area contributed by atoms with Gasteiger partial charge in [-0.15, -0.1) is 5.54 Å². The lowest BCUT2D eigenvalue weighted by atomic mass is 9.80. The first-order valence-corrected chi connectivity index (χ1v) is 21.3. The SMILES string of the molecule is CC(c1ccc(Cl)cc1Cl)n1nc(C#C[Si]C(C)(C)C)c2ncc(N3CC(C4CCCN(CCO[Si](C)(C)C(C)(C)C)C4)C3)nc21. The Labute approximate surface area is 289 Å². The van der Waals surface area contributed by atoms with Gasteiger partial charge in [0.2, 0.25) is 0 Å². The maximum atomic E-state index is 6.64. The number of hydrogen-bond donors (Lipinski definition) is 0. The molecule has 0 N–H and O–H groups in total. The van der Waals surface area contributed by atoms with E-state index in [0.29, 0.717) is 37.1 Å². The van der Waals surface area contributed by atoms with Gasteiger partial charge >= 0.3 is 0 Å². The van der Waals surface area contributed by atoms with Gasteiger partial charge in [-0.1, -0.05) is 76.7 Å². The molecule has 2 saturated heterocycles. The molecule has 0 amide bonds. The Kier molecular flexibility index (Phi) is 10.7. The van der Waals surface area contributed by atoms with Crippen molar-refractivity contribution < 1.29 is 4.43 Å². The third-order valence-electron chi connectivity index (χ3n) is 9.91. The van der Waals surface area contributed by atoms with Crippen molar-refractivity contribution >= 4 is 58.0 Å². The molecule has 5 rings (SSSR count). The van der Waals surface area contributed by atoms with E-state index in [0.717, 1.165) is 55.3 Å². The molecule has 2 aliphatic rings. The highest BCUT2D eigenvalue weighted by Gasteiger charge is 2.39. The van der Waals surface area contributed by atoms with Crippen LogP contribution in [-0.4, -0.2) is 81.8 Å². The average molecular weight is 698 g/mol. The van der Waals surface area contributed by atoms with Crippen LogP contribution in [0, 0.1) is 23.3 Å². The molecule has 4 heterocycles. The molecule has 0 spiro atoms. The highest BCUT2D eigenvalue weighted by atomic mass is 35.5. The molecule has 11 heteroatoms. The normalized spacial score (nSPS) is 19.2. The van der Waals surface area contributed by atoms with Gasteiger partial charge in [-0.2, -0.15) is 5.10 Å². The number of rotatable bonds is 8. The van der Waals surface area contributed by atoms with Crippen LogP contribution in [0.5, 0.6) is 0 Å². The van der Waals surface area contributed by atoms with Gasteiger partial charge in [-0.25, -0.2) is 14.6 Å². The summed E-state index contributed by atoms with van der Waals surface area (Å²) in [4.78, 5) is 15.0. The summed E-state index contributed by atoms with van der Waals surface area (Å²) in [6.45, 7) is 26.5. The van der Waals surface area contributed by atoms with E-state index in [9.17, 15) is 0 Å². The first kappa shape index (κ1) is 35.4. The second-order valence-electron chi connectivity index (χ2n) is 15.6. The van der Waals surface area contributed by atoms with Gasteiger partial charge in [0.1, 0.15) is 11.3 Å². The van der Waals surface area contributed by atoms with E-state index < -0.39 is 8.32 Å². The summed E-state index contributed by atoms with van der Waals surface area (Å²) in [5.41, 5.74) is 6.39. The van der Waals surface area contributed by atoms with Crippen LogP contribution in [0.25, 0.3) is 11.2 Å². The number of halogens is 2. The molecule has 248 valence electrons. The standard InChI is InChI=1S/C35H50Cl2N6OSi2/c1-24(28-13-12-27(36)19-29(28)37)43-33-32(30(40-43)14-18-45-34(2,3)4)38-20-31(39-33)42-22-26(23-42)25-11-10-15-41(21-25)16-17-44-46(8,9)35(5,6)7/h12-13,19-20,24-26H,10-11,15-17,21-23H2,1-9H3. The minimum atomic E-state index is -1.71. The van der Waals surface area contributed by atoms with E-state index in [1.165, 1.54) is 19.4 Å². The molecule has 0 aliphatic carbocycles. The largest absolute Gasteiger partial charge is 0.416 e. The van der Waals surface area contributed by atoms with Gasteiger partial charge in [0, 0.05) is 42.8 Å². The lowest BCUT2D eigenvalue weighted by Crippen LogP contribution is -2.54. The van der Waals surface area contributed by atoms with E-state index in [2.05, 4.69) is 82.8 Å². The highest BCUT2D eigenvalue weighted by Crippen LogP contribution is 2.37. The zero-order chi connectivity index (χ0) is 33.4. The van der Waals surface area contributed by atoms with Crippen molar-refractivity contribution in [3.63, 3.8) is 0 Å². The van der Waals surface area contributed by atoms with Crippen LogP contribution in [0.2, 0.25) is 33.2 Å². The molecule has 46 heavy (non-hydrogen) atoms. The maximum absolute atomic E-state index is 6.64. The second-order valence-corrected chi connectivity index (χ2v) is 23.3. The second kappa shape index (κ2) is 13.9. The molecular formula is C35H50Cl2N6OSi2. The number of anilines is 1. The van der Waals surface area contributed by atoms with Crippen LogP contribution in [0.4, 0.5) is 5.82 Å². The summed E-state index contributed by atoms with van der Waals surface area (Å²) in [5.74, 6) is 5.57. The smallest absolute Gasteiger partial charge is 0.192 e. The van der Waals surface area contributed by atoms with Crippen LogP contribution >= 0.6 is 23.2 Å². The summed E-state index contributed by atoms with van der Waals surface area (Å²) >= 11 is 12.8. The molecular weight excluding hydrogens is 648 g/mol. The van der Waals surface area contributed by atoms with Crippen LogP contribution in [0.15, 0.2) is 24.4 Å². The molecule has 2 radical (unpaired) electrons. The third kappa shape index (κ3) is 8.19. The first-order valence-electron chi connectivity index (χ1n) is 16.6. The van der Waals surface area contributed by atoms with Crippen LogP contribution in [0.1, 0.15) is 78.6 Å². The first-order chi connectivity index (χ1) is 21.5. The van der Waals surface area contributed by atoms with Crippen molar-refractivity contribution in [2.24, 2.45) is 11.8 Å². The minimum absolute atomic E-state index is 0.135. The van der Waals surface area contributed by atoms with Gasteiger partial charge in [-0.05, 0) is 79.0 Å². The fraction of sp³-hybridized carbons (Fsp3) is 0.629. The molecule has 2 unspecified atom stereocenters. The van der Waals surface area contributed by atoms with Gasteiger partial charge in [-0.3, -0.25) is 0 Å². The molecule has 2 aromatic heterocycles. The Morgan fingerprint density at radius 2 is 1.83 bits per heavy atom. The van der Waals surface area contributed by atoms with Crippen LogP contribution in [-0.2, 0) is 4.43 Å². The number of nitrogens with zero attached hydrogens (tertiary/aromatic N) is 6. The fourth-order valence-electron chi connectivity index (χ4n) is 5.98. The lowest BCUT2D eigenvalue weighted by Gasteiger charge is -2.47. The van der Waals surface area contributed by atoms with Crippen molar-refractivity contribution in [1.82, 2.24) is 24.6 Å². The summed E-state index contributed by atoms with van der Waals surface area (Å²) in [7, 11) is -1.22. The van der Waals surface area contributed by atoms with Gasteiger partial charge < -0.3 is 14.2 Å². The molecule has 2 fully saturated rings. The number of likely N-dealkylation sites (tertiary alicyclic amines) is 1. The maximum Gasteiger partial charge on any atom is 0.192 e. The Morgan fingerprint density at radius 1 is 1.09 bits per heavy atom. The molecule has 7 nitrogen and oxygen atoms in total. The summed E-state index contributed by atoms with van der Waals surface area (Å²) in [5, 5.41) is 6.54. The van der Waals surface area contributed by atoms with Gasteiger partial charge in [0.05, 0.1) is 12.2 Å². The van der Waals surface area contributed by atoms with E-state index in [1.54, 1.807) is 6.07 Å². The van der Waals surface area contributed by atoms with Crippen molar-refractivity contribution in [3.8, 4) is 11.5 Å². The molecule has 2 aliphatic heterocycles. The minimum Gasteiger partial charge on any atom is -0.416 e. The van der Waals surface area contributed by atoms with Gasteiger partial charge in [0.25, 0.3) is 0 Å². The van der Waals surface area contributed by atoms with E-state index in [-0.39, 0.29) is 16.1 Å². The quantitative estimate of drug-likeness (QED) is 0.175. The van der Waals surface area contributed by atoms with Crippen molar-refractivity contribution in [1.29, 1.82) is 0 Å². The Balaban J connectivity index is 1.30. The Bertz CT molecular complexity index is 1600. The van der Waals surface area contributed by atoms with Gasteiger partial charge in [0.15, 0.2) is 29.2 Å². The van der Waals surface area contributed by atoms with E-state index >= 15 is 0 Å². The number of hydrogen-bond acceptors (Lipinski definition) is 6. The number of piperidine rings is 1. The molecule has 0 saturated carbocycles. The van der Waals surface area contributed by atoms with Crippen molar-refractivity contribution in [2.75, 3.05) is 44.2 Å². The number of benzene rings is 1. The average Bonchev–Trinajstić information content (AvgIpc) is 3.28. The lowest BCUT2D eigenvalue weighted by molar-refractivity contribution is 0.103. The Hall–Kier alpha value is -1.94. The summed E-state index contributed by atoms with van der Waals surface area (Å²) in [6.07, 6.45) is 4.45.